The molecular weight excluding hydrogens is 797 g/mol. The van der Waals surface area contributed by atoms with E-state index in [0.717, 1.165) is 28.3 Å². The van der Waals surface area contributed by atoms with Gasteiger partial charge in [0, 0.05) is 74.8 Å². The second-order valence-corrected chi connectivity index (χ2v) is 16.3. The zero-order valence-electron chi connectivity index (χ0n) is 30.7. The summed E-state index contributed by atoms with van der Waals surface area (Å²) < 4.78 is 0. The number of aryl methyl sites for hydroxylation is 1. The normalized spacial score (nSPS) is 16.5. The number of benzene rings is 3. The van der Waals surface area contributed by atoms with Crippen LogP contribution in [0.5, 0.6) is 0 Å². The molecule has 2 fully saturated rings. The van der Waals surface area contributed by atoms with Gasteiger partial charge in [0.25, 0.3) is 0 Å². The molecule has 4 aliphatic rings. The number of hydrogen-bond acceptors (Lipinski definition) is 2. The molecule has 4 aliphatic carbocycles. The molecule has 0 heterocycles. The molecule has 0 N–H and O–H groups in total. The van der Waals surface area contributed by atoms with Gasteiger partial charge in [0.05, 0.1) is 11.4 Å². The summed E-state index contributed by atoms with van der Waals surface area (Å²) in [5.41, 5.74) is 13.6. The number of allylic oxidation sites excluding steroid dienone is 7. The topological polar surface area (TPSA) is 15.6 Å². The molecule has 0 aromatic heterocycles. The van der Waals surface area contributed by atoms with E-state index < -0.39 is 0 Å². The van der Waals surface area contributed by atoms with Crippen LogP contribution in [0.2, 0.25) is 0 Å². The fourth-order valence-electron chi connectivity index (χ4n) is 7.18. The average Bonchev–Trinajstić information content (AvgIpc) is 3.90. The Morgan fingerprint density at radius 1 is 0.706 bits per heavy atom. The van der Waals surface area contributed by atoms with Crippen LogP contribution < -0.4 is 22.6 Å². The van der Waals surface area contributed by atoms with Gasteiger partial charge in [-0.3, -0.25) is 4.99 Å². The molecule has 0 amide bonds. The van der Waals surface area contributed by atoms with Gasteiger partial charge in [0.1, 0.15) is 0 Å². The molecule has 0 atom stereocenters. The summed E-state index contributed by atoms with van der Waals surface area (Å²) in [4.78, 5) is 6.80. The minimum atomic E-state index is -0.0867. The third kappa shape index (κ3) is 13.6. The summed E-state index contributed by atoms with van der Waals surface area (Å²) in [7, 11) is 4.26. The van der Waals surface area contributed by atoms with Gasteiger partial charge in [0.2, 0.25) is 0 Å². The molecule has 0 bridgehead atoms. The van der Waals surface area contributed by atoms with E-state index in [4.69, 9.17) is 0 Å². The maximum Gasteiger partial charge on any atom is 0.0633 e. The largest absolute Gasteiger partial charge is 1.00 e. The van der Waals surface area contributed by atoms with Crippen molar-refractivity contribution < 1.29 is 49.9 Å². The van der Waals surface area contributed by atoms with Crippen LogP contribution in [0.3, 0.4) is 0 Å². The van der Waals surface area contributed by atoms with Crippen LogP contribution in [0.1, 0.15) is 76.7 Å². The van der Waals surface area contributed by atoms with E-state index in [0.29, 0.717) is 0 Å². The zero-order chi connectivity index (χ0) is 33.6. The Balaban J connectivity index is 0.000000330. The molecule has 3 aromatic rings. The maximum absolute atomic E-state index is 4.53. The predicted molar refractivity (Wildman–Crippen MR) is 214 cm³/mol. The van der Waals surface area contributed by atoms with Gasteiger partial charge >= 0.3 is 0 Å². The molecular formula is C45H54ClFeN2PPd-. The summed E-state index contributed by atoms with van der Waals surface area (Å²) >= 11 is 0. The van der Waals surface area contributed by atoms with Crippen molar-refractivity contribution in [3.63, 3.8) is 0 Å². The molecule has 0 spiro atoms. The van der Waals surface area contributed by atoms with E-state index in [9.17, 15) is 0 Å². The monoisotopic (exact) mass is 850 g/mol. The quantitative estimate of drug-likeness (QED) is 0.100. The first-order valence-corrected chi connectivity index (χ1v) is 19.6. The molecule has 0 unspecified atom stereocenters. The molecule has 6 heteroatoms. The van der Waals surface area contributed by atoms with Crippen LogP contribution in [-0.4, -0.2) is 31.1 Å². The SMILES string of the molecule is CC(=Nc1ccc(C)cc1)C1=C=CC=C1.CN(C)c1ccccc1-c1ccccc1P(C1CCCCC1)C1CCCCC1.[CH]1C=CC=C1.[Cl-].[Fe].[Pd]. The Morgan fingerprint density at radius 2 is 1.25 bits per heavy atom. The Hall–Kier alpha value is -2.23. The Kier molecular flexibility index (Phi) is 21.3. The van der Waals surface area contributed by atoms with Crippen LogP contribution in [0.4, 0.5) is 11.4 Å². The molecule has 3 aromatic carbocycles. The summed E-state index contributed by atoms with van der Waals surface area (Å²) in [6.45, 7) is 4.08. The number of halogens is 1. The minimum absolute atomic E-state index is 0. The second kappa shape index (κ2) is 24.2. The first-order valence-electron chi connectivity index (χ1n) is 18.1. The van der Waals surface area contributed by atoms with Crippen LogP contribution >= 0.6 is 7.92 Å². The molecule has 0 aliphatic heterocycles. The van der Waals surface area contributed by atoms with Gasteiger partial charge in [-0.1, -0.05) is 137 Å². The van der Waals surface area contributed by atoms with Gasteiger partial charge in [-0.05, 0) is 92.1 Å². The van der Waals surface area contributed by atoms with Crippen molar-refractivity contribution in [2.24, 2.45) is 4.99 Å². The van der Waals surface area contributed by atoms with Crippen LogP contribution in [0, 0.1) is 13.3 Å². The summed E-state index contributed by atoms with van der Waals surface area (Å²) in [6, 6.07) is 26.6. The number of hydrogen-bond donors (Lipinski definition) is 0. The van der Waals surface area contributed by atoms with Crippen molar-refractivity contribution in [3.8, 4) is 11.1 Å². The summed E-state index contributed by atoms with van der Waals surface area (Å²) in [5.74, 6) is 0. The molecule has 51 heavy (non-hydrogen) atoms. The van der Waals surface area contributed by atoms with E-state index in [1.165, 1.54) is 86.6 Å². The predicted octanol–water partition coefficient (Wildman–Crippen LogP) is 9.25. The van der Waals surface area contributed by atoms with E-state index in [-0.39, 0.29) is 57.8 Å². The standard InChI is InChI=1S/C26H36NP.C14H13N.C5H5.ClH.Fe.Pd/c1-27(2)25-19-11-9-17-23(25)24-18-10-12-20-26(24)28(21-13-5-3-6-14-21)22-15-7-4-8-16-22;1-11-7-9-14(10-8-11)15-12(2)13-5-3-4-6-13;1-2-4-5-3-1;;;/h9-12,17-22H,3-8,13-16H2,1-2H3;3-5,7-10H,1-2H3;1-5H;1H;;/p-1. The number of para-hydroxylation sites is 1. The van der Waals surface area contributed by atoms with Crippen molar-refractivity contribution in [2.45, 2.75) is 89.4 Å². The number of aliphatic imine (C=N–C) groups is 1. The molecule has 1 radical (unpaired) electrons. The van der Waals surface area contributed by atoms with Crippen molar-refractivity contribution in [3.05, 3.63) is 139 Å². The van der Waals surface area contributed by atoms with E-state index in [1.807, 2.05) is 68.0 Å². The molecule has 275 valence electrons. The molecule has 0 saturated heterocycles. The van der Waals surface area contributed by atoms with E-state index >= 15 is 0 Å². The van der Waals surface area contributed by atoms with Gasteiger partial charge < -0.3 is 17.3 Å². The zero-order valence-corrected chi connectivity index (χ0v) is 35.0. The van der Waals surface area contributed by atoms with E-state index in [1.54, 1.807) is 5.30 Å². The van der Waals surface area contributed by atoms with Crippen molar-refractivity contribution in [2.75, 3.05) is 19.0 Å². The van der Waals surface area contributed by atoms with Crippen molar-refractivity contribution in [1.82, 2.24) is 0 Å². The van der Waals surface area contributed by atoms with Crippen LogP contribution in [-0.2, 0) is 37.5 Å². The molecule has 2 nitrogen and oxygen atoms in total. The first kappa shape index (κ1) is 44.9. The summed E-state index contributed by atoms with van der Waals surface area (Å²) in [6.07, 6.45) is 30.5. The summed E-state index contributed by atoms with van der Waals surface area (Å²) in [5, 5.41) is 1.70. The minimum Gasteiger partial charge on any atom is -1.00 e. The molecule has 2 saturated carbocycles. The van der Waals surface area contributed by atoms with Crippen LogP contribution in [0.25, 0.3) is 11.1 Å². The second-order valence-electron chi connectivity index (χ2n) is 13.5. The van der Waals surface area contributed by atoms with E-state index in [2.05, 4.69) is 97.3 Å². The average molecular weight is 852 g/mol. The van der Waals surface area contributed by atoms with Crippen molar-refractivity contribution in [1.29, 1.82) is 0 Å². The third-order valence-electron chi connectivity index (χ3n) is 9.67. The van der Waals surface area contributed by atoms with Gasteiger partial charge in [-0.2, -0.15) is 0 Å². The molecule has 7 rings (SSSR count). The van der Waals surface area contributed by atoms with Gasteiger partial charge in [-0.25, -0.2) is 0 Å². The fourth-order valence-corrected chi connectivity index (χ4v) is 11.1. The third-order valence-corrected chi connectivity index (χ3v) is 13.2. The van der Waals surface area contributed by atoms with Crippen LogP contribution in [0.15, 0.2) is 132 Å². The number of anilines is 1. The van der Waals surface area contributed by atoms with Gasteiger partial charge in [-0.15, -0.1) is 5.73 Å². The number of rotatable bonds is 7. The Morgan fingerprint density at radius 3 is 1.76 bits per heavy atom. The maximum atomic E-state index is 4.53. The number of nitrogens with zero attached hydrogens (tertiary/aromatic N) is 2. The van der Waals surface area contributed by atoms with Gasteiger partial charge in [0.15, 0.2) is 0 Å². The Bertz CT molecular complexity index is 1630. The van der Waals surface area contributed by atoms with Crippen molar-refractivity contribution >= 4 is 30.3 Å². The Labute approximate surface area is 341 Å². The fraction of sp³-hybridized carbons (Fsp3) is 0.356. The first-order chi connectivity index (χ1) is 23.5. The smallest absolute Gasteiger partial charge is 0.0633 e.